The SMILES string of the molecule is N#CCCN(Cc1cccnc1)C(=O)C1COCC1N. The van der Waals surface area contributed by atoms with Gasteiger partial charge in [-0.15, -0.1) is 0 Å². The number of nitrogens with two attached hydrogens (primary N) is 1. The lowest BCUT2D eigenvalue weighted by Crippen LogP contribution is -2.43. The summed E-state index contributed by atoms with van der Waals surface area (Å²) in [5.41, 5.74) is 6.83. The van der Waals surface area contributed by atoms with Crippen molar-refractivity contribution in [2.24, 2.45) is 11.7 Å². The van der Waals surface area contributed by atoms with E-state index >= 15 is 0 Å². The summed E-state index contributed by atoms with van der Waals surface area (Å²) in [5, 5.41) is 8.73. The third kappa shape index (κ3) is 3.53. The summed E-state index contributed by atoms with van der Waals surface area (Å²) in [6.07, 6.45) is 3.71. The molecule has 1 amide bonds. The maximum Gasteiger partial charge on any atom is 0.230 e. The molecule has 2 heterocycles. The zero-order valence-corrected chi connectivity index (χ0v) is 11.2. The van der Waals surface area contributed by atoms with Crippen molar-refractivity contribution in [1.82, 2.24) is 9.88 Å². The van der Waals surface area contributed by atoms with Crippen LogP contribution < -0.4 is 5.73 Å². The standard InChI is InChI=1S/C14H18N4O2/c15-4-2-6-18(8-11-3-1-5-17-7-11)14(19)12-9-20-10-13(12)16/h1,3,5,7,12-13H,2,6,8-10,16H2. The number of hydrogen-bond donors (Lipinski definition) is 1. The van der Waals surface area contributed by atoms with Crippen molar-refractivity contribution < 1.29 is 9.53 Å². The van der Waals surface area contributed by atoms with Crippen molar-refractivity contribution in [3.8, 4) is 6.07 Å². The Labute approximate surface area is 118 Å². The van der Waals surface area contributed by atoms with E-state index in [-0.39, 0.29) is 17.9 Å². The van der Waals surface area contributed by atoms with E-state index in [9.17, 15) is 4.79 Å². The Hall–Kier alpha value is -1.97. The van der Waals surface area contributed by atoms with Crippen LogP contribution in [0.15, 0.2) is 24.5 Å². The van der Waals surface area contributed by atoms with Gasteiger partial charge in [0.05, 0.1) is 31.6 Å². The second-order valence-corrected chi connectivity index (χ2v) is 4.84. The first kappa shape index (κ1) is 14.4. The van der Waals surface area contributed by atoms with Gasteiger partial charge in [0.1, 0.15) is 0 Å². The van der Waals surface area contributed by atoms with E-state index in [0.29, 0.717) is 32.7 Å². The molecule has 1 saturated heterocycles. The maximum atomic E-state index is 12.5. The highest BCUT2D eigenvalue weighted by atomic mass is 16.5. The monoisotopic (exact) mass is 274 g/mol. The van der Waals surface area contributed by atoms with Crippen molar-refractivity contribution in [3.05, 3.63) is 30.1 Å². The molecule has 6 heteroatoms. The summed E-state index contributed by atoms with van der Waals surface area (Å²) >= 11 is 0. The third-order valence-corrected chi connectivity index (χ3v) is 3.34. The molecule has 0 aliphatic carbocycles. The Bertz CT molecular complexity index is 486. The minimum absolute atomic E-state index is 0.0471. The molecule has 2 unspecified atom stereocenters. The van der Waals surface area contributed by atoms with E-state index in [1.165, 1.54) is 0 Å². The van der Waals surface area contributed by atoms with Crippen LogP contribution in [0.25, 0.3) is 0 Å². The molecule has 1 aromatic heterocycles. The highest BCUT2D eigenvalue weighted by Crippen LogP contribution is 2.17. The molecule has 2 N–H and O–H groups in total. The molecule has 0 spiro atoms. The van der Waals surface area contributed by atoms with Crippen LogP contribution in [-0.2, 0) is 16.1 Å². The lowest BCUT2D eigenvalue weighted by Gasteiger charge is -2.25. The normalized spacial score (nSPS) is 21.4. The van der Waals surface area contributed by atoms with Crippen LogP contribution in [0.2, 0.25) is 0 Å². The van der Waals surface area contributed by atoms with Crippen molar-refractivity contribution in [2.45, 2.75) is 19.0 Å². The quantitative estimate of drug-likeness (QED) is 0.833. The topological polar surface area (TPSA) is 92.2 Å². The number of carbonyl (C=O) groups excluding carboxylic acids is 1. The largest absolute Gasteiger partial charge is 0.379 e. The van der Waals surface area contributed by atoms with Gasteiger partial charge in [0.15, 0.2) is 0 Å². The summed E-state index contributed by atoms with van der Waals surface area (Å²) in [7, 11) is 0. The van der Waals surface area contributed by atoms with Gasteiger partial charge in [0.2, 0.25) is 5.91 Å². The summed E-state index contributed by atoms with van der Waals surface area (Å²) in [6.45, 7) is 1.61. The number of carbonyl (C=O) groups is 1. The summed E-state index contributed by atoms with van der Waals surface area (Å²) < 4.78 is 5.25. The number of rotatable bonds is 5. The fourth-order valence-corrected chi connectivity index (χ4v) is 2.22. The van der Waals surface area contributed by atoms with Gasteiger partial charge in [0.25, 0.3) is 0 Å². The number of nitriles is 1. The second kappa shape index (κ2) is 6.98. The fourth-order valence-electron chi connectivity index (χ4n) is 2.22. The van der Waals surface area contributed by atoms with E-state index in [2.05, 4.69) is 11.1 Å². The Balaban J connectivity index is 2.06. The molecule has 20 heavy (non-hydrogen) atoms. The predicted octanol–water partition coefficient (Wildman–Crippen LogP) is 0.298. The minimum Gasteiger partial charge on any atom is -0.379 e. The van der Waals surface area contributed by atoms with Crippen LogP contribution in [-0.4, -0.2) is 41.6 Å². The Kier molecular flexibility index (Phi) is 5.04. The number of aromatic nitrogens is 1. The number of ether oxygens (including phenoxy) is 1. The highest BCUT2D eigenvalue weighted by molar-refractivity contribution is 5.80. The van der Waals surface area contributed by atoms with Crippen molar-refractivity contribution in [3.63, 3.8) is 0 Å². The first-order valence-electron chi connectivity index (χ1n) is 6.60. The average Bonchev–Trinajstić information content (AvgIpc) is 2.90. The van der Waals surface area contributed by atoms with Gasteiger partial charge < -0.3 is 15.4 Å². The molecular formula is C14H18N4O2. The molecule has 0 saturated carbocycles. The van der Waals surface area contributed by atoms with Gasteiger partial charge in [-0.25, -0.2) is 0 Å². The zero-order chi connectivity index (χ0) is 14.4. The van der Waals surface area contributed by atoms with Gasteiger partial charge in [-0.3, -0.25) is 9.78 Å². The van der Waals surface area contributed by atoms with Crippen LogP contribution in [0.5, 0.6) is 0 Å². The molecule has 1 aliphatic heterocycles. The number of nitrogens with zero attached hydrogens (tertiary/aromatic N) is 3. The van der Waals surface area contributed by atoms with Crippen molar-refractivity contribution >= 4 is 5.91 Å². The molecule has 0 radical (unpaired) electrons. The Morgan fingerprint density at radius 3 is 3.05 bits per heavy atom. The molecule has 2 atom stereocenters. The van der Waals surface area contributed by atoms with Crippen LogP contribution in [0.3, 0.4) is 0 Å². The Morgan fingerprint density at radius 2 is 2.45 bits per heavy atom. The van der Waals surface area contributed by atoms with Gasteiger partial charge in [-0.1, -0.05) is 6.07 Å². The highest BCUT2D eigenvalue weighted by Gasteiger charge is 2.34. The fraction of sp³-hybridized carbons (Fsp3) is 0.500. The van der Waals surface area contributed by atoms with Crippen molar-refractivity contribution in [2.75, 3.05) is 19.8 Å². The van der Waals surface area contributed by atoms with Crippen molar-refractivity contribution in [1.29, 1.82) is 5.26 Å². The van der Waals surface area contributed by atoms with Crippen LogP contribution in [0.1, 0.15) is 12.0 Å². The average molecular weight is 274 g/mol. The summed E-state index contributed by atoms with van der Waals surface area (Å²) in [5.74, 6) is -0.362. The first-order valence-corrected chi connectivity index (χ1v) is 6.60. The van der Waals surface area contributed by atoms with Crippen LogP contribution >= 0.6 is 0 Å². The van der Waals surface area contributed by atoms with E-state index in [4.69, 9.17) is 15.7 Å². The maximum absolute atomic E-state index is 12.5. The van der Waals surface area contributed by atoms with Gasteiger partial charge in [-0.2, -0.15) is 5.26 Å². The Morgan fingerprint density at radius 1 is 1.60 bits per heavy atom. The molecule has 0 aromatic carbocycles. The van der Waals surface area contributed by atoms with Gasteiger partial charge in [-0.05, 0) is 11.6 Å². The van der Waals surface area contributed by atoms with Gasteiger partial charge in [0, 0.05) is 31.5 Å². The zero-order valence-electron chi connectivity index (χ0n) is 11.2. The minimum atomic E-state index is -0.314. The second-order valence-electron chi connectivity index (χ2n) is 4.84. The smallest absolute Gasteiger partial charge is 0.230 e. The van der Waals surface area contributed by atoms with E-state index in [0.717, 1.165) is 5.56 Å². The van der Waals surface area contributed by atoms with Crippen LogP contribution in [0.4, 0.5) is 0 Å². The summed E-state index contributed by atoms with van der Waals surface area (Å²) in [6, 6.07) is 5.54. The number of pyridine rings is 1. The molecular weight excluding hydrogens is 256 g/mol. The third-order valence-electron chi connectivity index (χ3n) is 3.34. The van der Waals surface area contributed by atoms with E-state index in [1.807, 2.05) is 12.1 Å². The molecule has 1 fully saturated rings. The van der Waals surface area contributed by atoms with Crippen LogP contribution in [0, 0.1) is 17.2 Å². The molecule has 2 rings (SSSR count). The first-order chi connectivity index (χ1) is 9.72. The van der Waals surface area contributed by atoms with E-state index in [1.54, 1.807) is 17.3 Å². The van der Waals surface area contributed by atoms with Gasteiger partial charge >= 0.3 is 0 Å². The predicted molar refractivity (Wildman–Crippen MR) is 72.2 cm³/mol. The molecule has 1 aliphatic rings. The number of hydrogen-bond acceptors (Lipinski definition) is 5. The lowest BCUT2D eigenvalue weighted by atomic mass is 10.0. The molecule has 0 bridgehead atoms. The summed E-state index contributed by atoms with van der Waals surface area (Å²) in [4.78, 5) is 18.2. The number of amides is 1. The molecule has 1 aromatic rings. The lowest BCUT2D eigenvalue weighted by molar-refractivity contribution is -0.136. The molecule has 6 nitrogen and oxygen atoms in total. The molecule has 106 valence electrons. The van der Waals surface area contributed by atoms with E-state index < -0.39 is 0 Å².